The molecule has 0 aromatic heterocycles. The van der Waals surface area contributed by atoms with Crippen LogP contribution in [0.25, 0.3) is 0 Å². The zero-order valence-corrected chi connectivity index (χ0v) is 10.2. The van der Waals surface area contributed by atoms with Crippen molar-refractivity contribution in [2.75, 3.05) is 0 Å². The van der Waals surface area contributed by atoms with Gasteiger partial charge in [-0.1, -0.05) is 17.7 Å². The lowest BCUT2D eigenvalue weighted by atomic mass is 10.1. The molecule has 0 heterocycles. The fraction of sp³-hybridized carbons (Fsp3) is 0.400. The largest absolute Gasteiger partial charge is 0.534 e. The highest BCUT2D eigenvalue weighted by atomic mass is 32.2. The van der Waals surface area contributed by atoms with Gasteiger partial charge in [0.2, 0.25) is 0 Å². The van der Waals surface area contributed by atoms with E-state index in [4.69, 9.17) is 0 Å². The van der Waals surface area contributed by atoms with Crippen molar-refractivity contribution in [1.29, 1.82) is 0 Å². The summed E-state index contributed by atoms with van der Waals surface area (Å²) < 4.78 is 62.3. The average molecular weight is 268 g/mol. The third-order valence-corrected chi connectivity index (χ3v) is 3.03. The van der Waals surface area contributed by atoms with Gasteiger partial charge < -0.3 is 4.18 Å². The van der Waals surface area contributed by atoms with E-state index >= 15 is 0 Å². The van der Waals surface area contributed by atoms with Gasteiger partial charge in [0.05, 0.1) is 0 Å². The van der Waals surface area contributed by atoms with E-state index in [0.29, 0.717) is 11.1 Å². The first kappa shape index (κ1) is 13.8. The minimum absolute atomic E-state index is 0.270. The number of benzene rings is 1. The van der Waals surface area contributed by atoms with E-state index in [1.54, 1.807) is 19.1 Å². The van der Waals surface area contributed by atoms with Crippen molar-refractivity contribution in [1.82, 2.24) is 0 Å². The van der Waals surface area contributed by atoms with Crippen LogP contribution in [-0.2, 0) is 10.1 Å². The van der Waals surface area contributed by atoms with Crippen LogP contribution in [0, 0.1) is 20.8 Å². The third kappa shape index (κ3) is 2.91. The maximum Gasteiger partial charge on any atom is 0.534 e. The quantitative estimate of drug-likeness (QED) is 0.612. The van der Waals surface area contributed by atoms with E-state index in [2.05, 4.69) is 4.18 Å². The van der Waals surface area contributed by atoms with E-state index in [1.807, 2.05) is 0 Å². The molecule has 96 valence electrons. The molecule has 0 saturated heterocycles. The molecule has 0 saturated carbocycles. The summed E-state index contributed by atoms with van der Waals surface area (Å²) in [6.07, 6.45) is 0. The summed E-state index contributed by atoms with van der Waals surface area (Å²) in [7, 11) is -5.61. The molecule has 0 bridgehead atoms. The van der Waals surface area contributed by atoms with Crippen molar-refractivity contribution >= 4 is 10.1 Å². The number of aryl methyl sites for hydroxylation is 3. The molecule has 17 heavy (non-hydrogen) atoms. The Morgan fingerprint density at radius 3 is 1.82 bits per heavy atom. The van der Waals surface area contributed by atoms with Crippen molar-refractivity contribution in [2.45, 2.75) is 26.3 Å². The summed E-state index contributed by atoms with van der Waals surface area (Å²) in [6, 6.07) is 3.10. The van der Waals surface area contributed by atoms with E-state index in [0.717, 1.165) is 5.56 Å². The van der Waals surface area contributed by atoms with Gasteiger partial charge in [-0.15, -0.1) is 0 Å². The van der Waals surface area contributed by atoms with Crippen LogP contribution in [-0.4, -0.2) is 13.9 Å². The van der Waals surface area contributed by atoms with E-state index in [1.165, 1.54) is 13.8 Å². The Hall–Kier alpha value is -1.24. The zero-order valence-electron chi connectivity index (χ0n) is 9.42. The monoisotopic (exact) mass is 268 g/mol. The molecule has 0 atom stereocenters. The van der Waals surface area contributed by atoms with Crippen LogP contribution in [0.3, 0.4) is 0 Å². The molecular formula is C10H11F3O3S. The van der Waals surface area contributed by atoms with Gasteiger partial charge in [-0.25, -0.2) is 0 Å². The smallest absolute Gasteiger partial charge is 0.375 e. The Labute approximate surface area is 97.3 Å². The van der Waals surface area contributed by atoms with Crippen molar-refractivity contribution < 1.29 is 25.8 Å². The Morgan fingerprint density at radius 1 is 1.06 bits per heavy atom. The average Bonchev–Trinajstić information content (AvgIpc) is 2.09. The first-order chi connectivity index (χ1) is 7.54. The Morgan fingerprint density at radius 2 is 1.47 bits per heavy atom. The van der Waals surface area contributed by atoms with Gasteiger partial charge in [0.25, 0.3) is 0 Å². The minimum atomic E-state index is -5.61. The van der Waals surface area contributed by atoms with Crippen LogP contribution in [0.1, 0.15) is 16.7 Å². The highest BCUT2D eigenvalue weighted by Crippen LogP contribution is 2.31. The van der Waals surface area contributed by atoms with Crippen LogP contribution in [0.4, 0.5) is 13.2 Å². The first-order valence-electron chi connectivity index (χ1n) is 4.63. The SMILES string of the molecule is Cc1cc(C)c(OS(=O)(=O)C(F)(F)F)c(C)c1. The summed E-state index contributed by atoms with van der Waals surface area (Å²) in [5, 5.41) is 0. The predicted molar refractivity (Wildman–Crippen MR) is 56.3 cm³/mol. The maximum absolute atomic E-state index is 12.1. The van der Waals surface area contributed by atoms with Gasteiger partial charge in [-0.3, -0.25) is 0 Å². The highest BCUT2D eigenvalue weighted by molar-refractivity contribution is 7.88. The van der Waals surface area contributed by atoms with Gasteiger partial charge in [-0.2, -0.15) is 21.6 Å². The van der Waals surface area contributed by atoms with Crippen LogP contribution < -0.4 is 4.18 Å². The molecule has 0 unspecified atom stereocenters. The summed E-state index contributed by atoms with van der Waals surface area (Å²) >= 11 is 0. The standard InChI is InChI=1S/C10H11F3O3S/c1-6-4-7(2)9(8(3)5-6)16-17(14,15)10(11,12)13/h4-5H,1-3H3. The lowest BCUT2D eigenvalue weighted by Gasteiger charge is -2.14. The van der Waals surface area contributed by atoms with Gasteiger partial charge in [-0.05, 0) is 31.9 Å². The van der Waals surface area contributed by atoms with Crippen LogP contribution >= 0.6 is 0 Å². The van der Waals surface area contributed by atoms with E-state index < -0.39 is 15.6 Å². The Bertz CT molecular complexity index is 509. The number of halogens is 3. The molecule has 0 aliphatic heterocycles. The van der Waals surface area contributed by atoms with Crippen LogP contribution in [0.2, 0.25) is 0 Å². The number of rotatable bonds is 2. The van der Waals surface area contributed by atoms with Crippen LogP contribution in [0.15, 0.2) is 12.1 Å². The molecule has 1 rings (SSSR count). The van der Waals surface area contributed by atoms with Crippen LogP contribution in [0.5, 0.6) is 5.75 Å². The summed E-state index contributed by atoms with van der Waals surface area (Å²) in [5.41, 5.74) is -3.92. The third-order valence-electron chi connectivity index (χ3n) is 2.08. The van der Waals surface area contributed by atoms with Crippen molar-refractivity contribution in [3.63, 3.8) is 0 Å². The lowest BCUT2D eigenvalue weighted by molar-refractivity contribution is -0.0500. The molecule has 1 aromatic rings. The molecule has 0 aliphatic carbocycles. The minimum Gasteiger partial charge on any atom is -0.375 e. The second kappa shape index (κ2) is 4.21. The van der Waals surface area contributed by atoms with Gasteiger partial charge in [0.1, 0.15) is 5.75 Å². The van der Waals surface area contributed by atoms with E-state index in [9.17, 15) is 21.6 Å². The molecule has 7 heteroatoms. The second-order valence-electron chi connectivity index (χ2n) is 3.71. The molecule has 0 N–H and O–H groups in total. The molecule has 0 amide bonds. The normalized spacial score (nSPS) is 12.6. The Balaban J connectivity index is 3.22. The molecule has 3 nitrogen and oxygen atoms in total. The van der Waals surface area contributed by atoms with Gasteiger partial charge in [0, 0.05) is 0 Å². The number of alkyl halides is 3. The molecule has 1 aromatic carbocycles. The fourth-order valence-corrected chi connectivity index (χ4v) is 2.03. The number of hydrogen-bond donors (Lipinski definition) is 0. The highest BCUT2D eigenvalue weighted by Gasteiger charge is 2.48. The fourth-order valence-electron chi connectivity index (χ4n) is 1.46. The summed E-state index contributed by atoms with van der Waals surface area (Å²) in [6.45, 7) is 4.73. The first-order valence-corrected chi connectivity index (χ1v) is 6.04. The molecular weight excluding hydrogens is 257 g/mol. The lowest BCUT2D eigenvalue weighted by Crippen LogP contribution is -2.28. The van der Waals surface area contributed by atoms with Gasteiger partial charge in [0.15, 0.2) is 0 Å². The van der Waals surface area contributed by atoms with Gasteiger partial charge >= 0.3 is 15.6 Å². The molecule has 0 fully saturated rings. The number of hydrogen-bond acceptors (Lipinski definition) is 3. The van der Waals surface area contributed by atoms with Crippen molar-refractivity contribution in [3.8, 4) is 5.75 Å². The zero-order chi connectivity index (χ0) is 13.4. The maximum atomic E-state index is 12.1. The Kier molecular flexibility index (Phi) is 3.42. The second-order valence-corrected chi connectivity index (χ2v) is 5.25. The molecule has 0 spiro atoms. The molecule has 0 aliphatic rings. The summed E-state index contributed by atoms with van der Waals surface area (Å²) in [5.74, 6) is -0.270. The topological polar surface area (TPSA) is 43.4 Å². The molecule has 0 radical (unpaired) electrons. The van der Waals surface area contributed by atoms with Crippen molar-refractivity contribution in [3.05, 3.63) is 28.8 Å². The summed E-state index contributed by atoms with van der Waals surface area (Å²) in [4.78, 5) is 0. The predicted octanol–water partition coefficient (Wildman–Crippen LogP) is 2.84. The van der Waals surface area contributed by atoms with Crippen molar-refractivity contribution in [2.24, 2.45) is 0 Å². The van der Waals surface area contributed by atoms with E-state index in [-0.39, 0.29) is 5.75 Å².